The van der Waals surface area contributed by atoms with Gasteiger partial charge in [-0.25, -0.2) is 4.39 Å². The molecule has 0 saturated heterocycles. The maximum atomic E-state index is 11.5. The topological polar surface area (TPSA) is 26.3 Å². The highest BCUT2D eigenvalue weighted by atomic mass is 79.9. The third kappa shape index (κ3) is 7.98. The molecular weight excluding hydrogens is 227 g/mol. The largest absolute Gasteiger partial charge is 0.463 e. The van der Waals surface area contributed by atoms with Gasteiger partial charge < -0.3 is 4.74 Å². The molecule has 2 nitrogen and oxygen atoms in total. The third-order valence-corrected chi connectivity index (χ3v) is 1.92. The molecule has 0 N–H and O–H groups in total. The number of alkyl halides is 2. The summed E-state index contributed by atoms with van der Waals surface area (Å²) in [4.78, 5) is 10.8. The smallest absolute Gasteiger partial charge is 0.305 e. The second-order valence-corrected chi connectivity index (χ2v) is 3.20. The second-order valence-electron chi connectivity index (χ2n) is 2.41. The molecule has 0 aliphatic carbocycles. The highest BCUT2D eigenvalue weighted by molar-refractivity contribution is 9.09. The zero-order valence-corrected chi connectivity index (χ0v) is 8.61. The number of rotatable bonds is 7. The Labute approximate surface area is 80.6 Å². The first kappa shape index (κ1) is 11.9. The molecule has 0 fully saturated rings. The summed E-state index contributed by atoms with van der Waals surface area (Å²) in [5.41, 5.74) is 0. The van der Waals surface area contributed by atoms with Gasteiger partial charge in [-0.15, -0.1) is 0 Å². The van der Waals surface area contributed by atoms with Crippen molar-refractivity contribution in [3.63, 3.8) is 0 Å². The van der Waals surface area contributed by atoms with Crippen LogP contribution < -0.4 is 0 Å². The molecule has 0 aliphatic rings. The minimum atomic E-state index is -0.590. The maximum absolute atomic E-state index is 11.5. The fourth-order valence-corrected chi connectivity index (χ4v) is 1.16. The molecule has 0 heterocycles. The van der Waals surface area contributed by atoms with Gasteiger partial charge in [0.1, 0.15) is 13.3 Å². The Hall–Kier alpha value is -0.120. The molecule has 0 radical (unpaired) electrons. The van der Waals surface area contributed by atoms with Gasteiger partial charge in [-0.2, -0.15) is 0 Å². The van der Waals surface area contributed by atoms with Crippen LogP contribution in [0.15, 0.2) is 0 Å². The van der Waals surface area contributed by atoms with Crippen LogP contribution in [0.3, 0.4) is 0 Å². The van der Waals surface area contributed by atoms with Crippen molar-refractivity contribution in [2.24, 2.45) is 0 Å². The Kier molecular flexibility index (Phi) is 8.88. The van der Waals surface area contributed by atoms with Gasteiger partial charge in [-0.05, 0) is 12.8 Å². The molecule has 0 aliphatic heterocycles. The summed E-state index contributed by atoms with van der Waals surface area (Å²) < 4.78 is 16.1. The molecule has 4 heteroatoms. The van der Waals surface area contributed by atoms with Crippen LogP contribution in [0.1, 0.15) is 25.7 Å². The quantitative estimate of drug-likeness (QED) is 0.388. The van der Waals surface area contributed by atoms with Crippen LogP contribution in [0, 0.1) is 0 Å². The number of unbranched alkanes of at least 4 members (excludes halogenated alkanes) is 2. The first-order valence-corrected chi connectivity index (χ1v) is 5.21. The number of hydrogen-bond acceptors (Lipinski definition) is 2. The summed E-state index contributed by atoms with van der Waals surface area (Å²) in [5, 5.41) is 0.965. The summed E-state index contributed by atoms with van der Waals surface area (Å²) in [6.07, 6.45) is 3.32. The van der Waals surface area contributed by atoms with Gasteiger partial charge in [0.05, 0.1) is 0 Å². The normalized spacial score (nSPS) is 9.83. The van der Waals surface area contributed by atoms with Crippen molar-refractivity contribution in [2.45, 2.75) is 25.7 Å². The fraction of sp³-hybridized carbons (Fsp3) is 0.875. The van der Waals surface area contributed by atoms with Gasteiger partial charge in [-0.1, -0.05) is 22.4 Å². The molecule has 0 aromatic carbocycles. The molecule has 72 valence electrons. The van der Waals surface area contributed by atoms with Crippen LogP contribution in [0.5, 0.6) is 0 Å². The predicted octanol–water partition coefficient (Wildman–Crippen LogP) is 2.45. The van der Waals surface area contributed by atoms with Crippen LogP contribution in [0.4, 0.5) is 4.39 Å². The van der Waals surface area contributed by atoms with E-state index in [0.717, 1.165) is 24.6 Å². The number of carbonyl (C=O) groups excluding carboxylic acids is 1. The van der Waals surface area contributed by atoms with Crippen molar-refractivity contribution in [1.82, 2.24) is 0 Å². The number of ether oxygens (including phenoxy) is 1. The Morgan fingerprint density at radius 1 is 1.33 bits per heavy atom. The summed E-state index contributed by atoms with van der Waals surface area (Å²) in [7, 11) is 0. The van der Waals surface area contributed by atoms with Gasteiger partial charge in [0.15, 0.2) is 0 Å². The van der Waals surface area contributed by atoms with E-state index >= 15 is 0 Å². The Morgan fingerprint density at radius 3 is 2.67 bits per heavy atom. The number of hydrogen-bond donors (Lipinski definition) is 0. The molecule has 0 bridgehead atoms. The van der Waals surface area contributed by atoms with Crippen molar-refractivity contribution in [3.8, 4) is 0 Å². The molecular formula is C8H14BrFO2. The predicted molar refractivity (Wildman–Crippen MR) is 49.2 cm³/mol. The van der Waals surface area contributed by atoms with Gasteiger partial charge in [0, 0.05) is 11.8 Å². The maximum Gasteiger partial charge on any atom is 0.305 e. The third-order valence-electron chi connectivity index (χ3n) is 1.35. The Balaban J connectivity index is 3.08. The monoisotopic (exact) mass is 240 g/mol. The SMILES string of the molecule is O=C(CCCCCBr)OCCF. The van der Waals surface area contributed by atoms with E-state index in [-0.39, 0.29) is 12.6 Å². The average Bonchev–Trinajstić information content (AvgIpc) is 2.09. The van der Waals surface area contributed by atoms with E-state index < -0.39 is 6.67 Å². The van der Waals surface area contributed by atoms with E-state index in [1.54, 1.807) is 0 Å². The summed E-state index contributed by atoms with van der Waals surface area (Å²) in [5.74, 6) is -0.290. The second kappa shape index (κ2) is 8.97. The van der Waals surface area contributed by atoms with Gasteiger partial charge in [0.2, 0.25) is 0 Å². The van der Waals surface area contributed by atoms with Crippen LogP contribution in [-0.2, 0) is 9.53 Å². The standard InChI is InChI=1S/C8H14BrFO2/c9-5-3-1-2-4-8(11)12-7-6-10/h1-7H2. The van der Waals surface area contributed by atoms with Crippen molar-refractivity contribution in [2.75, 3.05) is 18.6 Å². The molecule has 0 unspecified atom stereocenters. The van der Waals surface area contributed by atoms with E-state index in [1.165, 1.54) is 0 Å². The van der Waals surface area contributed by atoms with Crippen LogP contribution in [0.2, 0.25) is 0 Å². The first-order chi connectivity index (χ1) is 5.81. The highest BCUT2D eigenvalue weighted by Crippen LogP contribution is 2.02. The Morgan fingerprint density at radius 2 is 2.08 bits per heavy atom. The van der Waals surface area contributed by atoms with Crippen molar-refractivity contribution >= 4 is 21.9 Å². The molecule has 12 heavy (non-hydrogen) atoms. The molecule has 0 saturated carbocycles. The summed E-state index contributed by atoms with van der Waals surface area (Å²) >= 11 is 3.29. The molecule has 0 aromatic rings. The van der Waals surface area contributed by atoms with Crippen LogP contribution >= 0.6 is 15.9 Å². The number of halogens is 2. The van der Waals surface area contributed by atoms with E-state index in [0.29, 0.717) is 6.42 Å². The lowest BCUT2D eigenvalue weighted by atomic mass is 10.2. The van der Waals surface area contributed by atoms with Gasteiger partial charge >= 0.3 is 5.97 Å². The number of esters is 1. The molecule has 0 amide bonds. The lowest BCUT2D eigenvalue weighted by Gasteiger charge is -2.00. The number of carbonyl (C=O) groups is 1. The Bertz CT molecular complexity index is 120. The fourth-order valence-electron chi connectivity index (χ4n) is 0.765. The molecule has 0 atom stereocenters. The van der Waals surface area contributed by atoms with Crippen molar-refractivity contribution in [1.29, 1.82) is 0 Å². The summed E-state index contributed by atoms with van der Waals surface area (Å²) in [6.45, 7) is -0.690. The zero-order chi connectivity index (χ0) is 9.23. The average molecular weight is 241 g/mol. The highest BCUT2D eigenvalue weighted by Gasteiger charge is 2.00. The van der Waals surface area contributed by atoms with E-state index in [2.05, 4.69) is 20.7 Å². The first-order valence-electron chi connectivity index (χ1n) is 4.08. The van der Waals surface area contributed by atoms with Crippen molar-refractivity contribution in [3.05, 3.63) is 0 Å². The molecule has 0 aromatic heterocycles. The zero-order valence-electron chi connectivity index (χ0n) is 7.02. The minimum absolute atomic E-state index is 0.0999. The lowest BCUT2D eigenvalue weighted by Crippen LogP contribution is -2.06. The van der Waals surface area contributed by atoms with Crippen LogP contribution in [-0.4, -0.2) is 24.6 Å². The van der Waals surface area contributed by atoms with Crippen LogP contribution in [0.25, 0.3) is 0 Å². The van der Waals surface area contributed by atoms with Gasteiger partial charge in [0.25, 0.3) is 0 Å². The minimum Gasteiger partial charge on any atom is -0.463 e. The molecule has 0 spiro atoms. The lowest BCUT2D eigenvalue weighted by molar-refractivity contribution is -0.144. The van der Waals surface area contributed by atoms with E-state index in [9.17, 15) is 9.18 Å². The van der Waals surface area contributed by atoms with E-state index in [4.69, 9.17) is 0 Å². The van der Waals surface area contributed by atoms with Crippen molar-refractivity contribution < 1.29 is 13.9 Å². The van der Waals surface area contributed by atoms with E-state index in [1.807, 2.05) is 0 Å². The molecule has 0 rings (SSSR count). The van der Waals surface area contributed by atoms with Gasteiger partial charge in [-0.3, -0.25) is 4.79 Å². The summed E-state index contributed by atoms with van der Waals surface area (Å²) in [6, 6.07) is 0.